The number of nitrogens with one attached hydrogen (secondary N) is 1. The maximum Gasteiger partial charge on any atom is 0.425 e. The minimum atomic E-state index is -4.70. The second-order valence-electron chi connectivity index (χ2n) is 6.59. The molecular formula is C18H15ClF4N4O2. The summed E-state index contributed by atoms with van der Waals surface area (Å²) in [6, 6.07) is 5.66. The van der Waals surface area contributed by atoms with Crippen LogP contribution in [0.15, 0.2) is 41.5 Å². The fourth-order valence-electron chi connectivity index (χ4n) is 2.94. The molecule has 1 aromatic heterocycles. The molecule has 3 N–H and O–H groups in total. The van der Waals surface area contributed by atoms with Crippen molar-refractivity contribution in [2.75, 3.05) is 5.32 Å². The number of amidine groups is 1. The SMILES string of the molecule is C[C@]1(c2cc(NC(=O)c3ccc(Cl)cn3)ccc2F)C[C@H](C(F)(F)F)OC(N)=N1. The van der Waals surface area contributed by atoms with E-state index in [0.717, 1.165) is 6.07 Å². The molecule has 1 aliphatic heterocycles. The van der Waals surface area contributed by atoms with Crippen LogP contribution in [0.5, 0.6) is 0 Å². The number of aromatic nitrogens is 1. The number of hydrogen-bond donors (Lipinski definition) is 2. The Morgan fingerprint density at radius 3 is 2.69 bits per heavy atom. The number of benzene rings is 1. The third-order valence-corrected chi connectivity index (χ3v) is 4.56. The summed E-state index contributed by atoms with van der Waals surface area (Å²) >= 11 is 5.72. The van der Waals surface area contributed by atoms with Crippen molar-refractivity contribution in [1.82, 2.24) is 4.98 Å². The first-order chi connectivity index (χ1) is 13.5. The molecule has 3 rings (SSSR count). The third-order valence-electron chi connectivity index (χ3n) is 4.33. The number of carbonyl (C=O) groups is 1. The van der Waals surface area contributed by atoms with E-state index in [-0.39, 0.29) is 16.9 Å². The van der Waals surface area contributed by atoms with Gasteiger partial charge in [-0.3, -0.25) is 4.79 Å². The van der Waals surface area contributed by atoms with Gasteiger partial charge in [0.15, 0.2) is 6.10 Å². The molecule has 0 bridgehead atoms. The van der Waals surface area contributed by atoms with Gasteiger partial charge in [-0.2, -0.15) is 13.2 Å². The number of carbonyl (C=O) groups excluding carboxylic acids is 1. The molecule has 1 aromatic carbocycles. The van der Waals surface area contributed by atoms with Crippen molar-refractivity contribution in [3.05, 3.63) is 58.6 Å². The molecule has 2 heterocycles. The van der Waals surface area contributed by atoms with Crippen LogP contribution in [0, 0.1) is 5.82 Å². The Morgan fingerprint density at radius 2 is 2.07 bits per heavy atom. The summed E-state index contributed by atoms with van der Waals surface area (Å²) in [5.41, 5.74) is 3.79. The molecule has 154 valence electrons. The van der Waals surface area contributed by atoms with E-state index >= 15 is 0 Å². The minimum absolute atomic E-state index is 0.0527. The van der Waals surface area contributed by atoms with Crippen molar-refractivity contribution in [3.8, 4) is 0 Å². The number of nitrogens with zero attached hydrogens (tertiary/aromatic N) is 2. The highest BCUT2D eigenvalue weighted by molar-refractivity contribution is 6.30. The highest BCUT2D eigenvalue weighted by Crippen LogP contribution is 2.41. The van der Waals surface area contributed by atoms with E-state index in [1.54, 1.807) is 0 Å². The fraction of sp³-hybridized carbons (Fsp3) is 0.278. The van der Waals surface area contributed by atoms with E-state index in [2.05, 4.69) is 20.0 Å². The van der Waals surface area contributed by atoms with Crippen LogP contribution in [0.25, 0.3) is 0 Å². The minimum Gasteiger partial charge on any atom is -0.452 e. The van der Waals surface area contributed by atoms with Gasteiger partial charge in [0.25, 0.3) is 11.9 Å². The molecule has 0 spiro atoms. The second kappa shape index (κ2) is 7.51. The monoisotopic (exact) mass is 430 g/mol. The average molecular weight is 431 g/mol. The summed E-state index contributed by atoms with van der Waals surface area (Å²) in [5, 5.41) is 2.85. The molecule has 0 fully saturated rings. The summed E-state index contributed by atoms with van der Waals surface area (Å²) in [5.74, 6) is -1.40. The Balaban J connectivity index is 1.91. The van der Waals surface area contributed by atoms with Crippen LogP contribution in [0.1, 0.15) is 29.4 Å². The molecule has 0 saturated carbocycles. The maximum absolute atomic E-state index is 14.5. The first-order valence-corrected chi connectivity index (χ1v) is 8.67. The topological polar surface area (TPSA) is 89.6 Å². The lowest BCUT2D eigenvalue weighted by atomic mass is 9.85. The number of aliphatic imine (C=N–C) groups is 1. The smallest absolute Gasteiger partial charge is 0.425 e. The van der Waals surface area contributed by atoms with Crippen molar-refractivity contribution in [2.45, 2.75) is 31.2 Å². The third kappa shape index (κ3) is 4.58. The number of hydrogen-bond acceptors (Lipinski definition) is 5. The summed E-state index contributed by atoms with van der Waals surface area (Å²) in [6.45, 7) is 1.31. The first-order valence-electron chi connectivity index (χ1n) is 8.29. The van der Waals surface area contributed by atoms with Gasteiger partial charge in [0.2, 0.25) is 0 Å². The molecule has 11 heteroatoms. The summed E-state index contributed by atoms with van der Waals surface area (Å²) in [4.78, 5) is 20.0. The average Bonchev–Trinajstić information content (AvgIpc) is 2.62. The van der Waals surface area contributed by atoms with Crippen molar-refractivity contribution in [1.29, 1.82) is 0 Å². The van der Waals surface area contributed by atoms with Crippen molar-refractivity contribution >= 4 is 29.2 Å². The van der Waals surface area contributed by atoms with Gasteiger partial charge in [0.05, 0.1) is 10.6 Å². The van der Waals surface area contributed by atoms with E-state index in [1.165, 1.54) is 37.4 Å². The molecular weight excluding hydrogens is 416 g/mol. The normalized spacial score (nSPS) is 21.9. The maximum atomic E-state index is 14.5. The highest BCUT2D eigenvalue weighted by Gasteiger charge is 2.50. The molecule has 2 atom stereocenters. The van der Waals surface area contributed by atoms with Gasteiger partial charge in [-0.25, -0.2) is 14.4 Å². The quantitative estimate of drug-likeness (QED) is 0.720. The molecule has 1 amide bonds. The lowest BCUT2D eigenvalue weighted by Crippen LogP contribution is -2.46. The number of halogens is 5. The van der Waals surface area contributed by atoms with Gasteiger partial charge in [-0.05, 0) is 37.3 Å². The summed E-state index contributed by atoms with van der Waals surface area (Å²) in [7, 11) is 0. The van der Waals surface area contributed by atoms with Gasteiger partial charge in [0, 0.05) is 23.9 Å². The number of nitrogens with two attached hydrogens (primary N) is 1. The molecule has 0 unspecified atom stereocenters. The molecule has 2 aromatic rings. The van der Waals surface area contributed by atoms with Gasteiger partial charge in [-0.15, -0.1) is 0 Å². The van der Waals surface area contributed by atoms with E-state index in [4.69, 9.17) is 17.3 Å². The fourth-order valence-corrected chi connectivity index (χ4v) is 3.05. The Hall–Kier alpha value is -2.88. The lowest BCUT2D eigenvalue weighted by Gasteiger charge is -2.36. The van der Waals surface area contributed by atoms with Crippen LogP contribution in [-0.2, 0) is 10.3 Å². The van der Waals surface area contributed by atoms with Gasteiger partial charge >= 0.3 is 6.18 Å². The number of rotatable bonds is 3. The van der Waals surface area contributed by atoms with Crippen LogP contribution in [0.4, 0.5) is 23.2 Å². The Bertz CT molecular complexity index is 965. The largest absolute Gasteiger partial charge is 0.452 e. The van der Waals surface area contributed by atoms with E-state index in [1.807, 2.05) is 0 Å². The zero-order valence-corrected chi connectivity index (χ0v) is 15.7. The number of anilines is 1. The molecule has 0 saturated heterocycles. The lowest BCUT2D eigenvalue weighted by molar-refractivity contribution is -0.208. The van der Waals surface area contributed by atoms with Crippen molar-refractivity contribution < 1.29 is 27.1 Å². The van der Waals surface area contributed by atoms with Crippen molar-refractivity contribution in [3.63, 3.8) is 0 Å². The standard InChI is InChI=1S/C18H15ClF4N4O2/c1-17(7-14(18(21,22)23)29-16(24)27-17)11-6-10(3-4-12(11)20)26-15(28)13-5-2-9(19)8-25-13/h2-6,8,14H,7H2,1H3,(H2,24,27)(H,26,28)/t14-,17-/m1/s1. The second-order valence-corrected chi connectivity index (χ2v) is 7.02. The molecule has 0 radical (unpaired) electrons. The number of pyridine rings is 1. The molecule has 6 nitrogen and oxygen atoms in total. The predicted octanol–water partition coefficient (Wildman–Crippen LogP) is 4.01. The Morgan fingerprint density at radius 1 is 1.34 bits per heavy atom. The van der Waals surface area contributed by atoms with Crippen LogP contribution >= 0.6 is 11.6 Å². The van der Waals surface area contributed by atoms with Crippen LogP contribution < -0.4 is 11.1 Å². The van der Waals surface area contributed by atoms with Crippen LogP contribution in [0.2, 0.25) is 5.02 Å². The van der Waals surface area contributed by atoms with Crippen LogP contribution in [-0.4, -0.2) is 29.2 Å². The summed E-state index contributed by atoms with van der Waals surface area (Å²) < 4.78 is 58.5. The number of amides is 1. The Kier molecular flexibility index (Phi) is 5.40. The number of ether oxygens (including phenoxy) is 1. The first kappa shape index (κ1) is 20.8. The van der Waals surface area contributed by atoms with Gasteiger partial charge in [-0.1, -0.05) is 11.6 Å². The molecule has 1 aliphatic rings. The van der Waals surface area contributed by atoms with E-state index in [0.29, 0.717) is 5.02 Å². The van der Waals surface area contributed by atoms with Gasteiger partial charge < -0.3 is 15.8 Å². The summed E-state index contributed by atoms with van der Waals surface area (Å²) in [6.07, 6.45) is -6.33. The number of alkyl halides is 3. The van der Waals surface area contributed by atoms with E-state index < -0.39 is 42.0 Å². The zero-order chi connectivity index (χ0) is 21.4. The van der Waals surface area contributed by atoms with Crippen molar-refractivity contribution in [2.24, 2.45) is 10.7 Å². The van der Waals surface area contributed by atoms with E-state index in [9.17, 15) is 22.4 Å². The van der Waals surface area contributed by atoms with Gasteiger partial charge in [0.1, 0.15) is 11.5 Å². The zero-order valence-electron chi connectivity index (χ0n) is 14.9. The van der Waals surface area contributed by atoms with Crippen LogP contribution in [0.3, 0.4) is 0 Å². The molecule has 29 heavy (non-hydrogen) atoms. The Labute approximate surface area is 167 Å². The predicted molar refractivity (Wildman–Crippen MR) is 98.1 cm³/mol. The molecule has 0 aliphatic carbocycles. The highest BCUT2D eigenvalue weighted by atomic mass is 35.5.